The predicted molar refractivity (Wildman–Crippen MR) is 121 cm³/mol. The molecule has 0 aliphatic carbocycles. The molecular weight excluding hydrogens is 526 g/mol. The summed E-state index contributed by atoms with van der Waals surface area (Å²) in [6.45, 7) is 0. The average Bonchev–Trinajstić information content (AvgIpc) is 2.93. The van der Waals surface area contributed by atoms with Crippen LogP contribution >= 0.6 is 0 Å². The normalized spacial score (nSPS) is 12.3. The van der Waals surface area contributed by atoms with Gasteiger partial charge in [-0.05, 0) is 34.4 Å². The lowest BCUT2D eigenvalue weighted by Gasteiger charge is -2.18. The highest BCUT2D eigenvalue weighted by molar-refractivity contribution is 6.16. The first-order valence-corrected chi connectivity index (χ1v) is 10.6. The van der Waals surface area contributed by atoms with Crippen LogP contribution in [-0.2, 0) is 0 Å². The SMILES string of the molecule is Fc1c(F)c(F)c(C(=C\c2ccccc2)/C(=C/c2ccccc2)c2c(F)c(F)c(F)c(F)c2F)c(F)c1F. The number of allylic oxidation sites excluding steroid dienone is 2. The van der Waals surface area contributed by atoms with E-state index in [1.54, 1.807) is 0 Å². The molecule has 0 fully saturated rings. The minimum Gasteiger partial charge on any atom is -0.203 e. The Morgan fingerprint density at radius 2 is 0.579 bits per heavy atom. The summed E-state index contributed by atoms with van der Waals surface area (Å²) in [5.41, 5.74) is -5.30. The second-order valence-electron chi connectivity index (χ2n) is 7.83. The Hall–Kier alpha value is -4.34. The molecule has 4 aromatic carbocycles. The number of benzene rings is 4. The fraction of sp³-hybridized carbons (Fsp3) is 0. The average molecular weight is 538 g/mol. The smallest absolute Gasteiger partial charge is 0.200 e. The van der Waals surface area contributed by atoms with E-state index in [1.165, 1.54) is 60.7 Å². The molecule has 0 bridgehead atoms. The standard InChI is InChI=1S/C28H12F10/c29-19-17(20(30)24(34)27(37)23(19)33)15(11-13-7-3-1-4-8-13)16(12-14-9-5-2-6-10-14)18-21(31)25(35)28(38)26(36)22(18)32/h1-12H/b15-11-,16-12-. The first-order chi connectivity index (χ1) is 18.0. The molecule has 0 aliphatic heterocycles. The highest BCUT2D eigenvalue weighted by Gasteiger charge is 2.34. The van der Waals surface area contributed by atoms with Gasteiger partial charge >= 0.3 is 0 Å². The third-order valence-corrected chi connectivity index (χ3v) is 5.47. The Labute approximate surface area is 208 Å². The van der Waals surface area contributed by atoms with Gasteiger partial charge < -0.3 is 0 Å². The third kappa shape index (κ3) is 4.69. The Morgan fingerprint density at radius 1 is 0.342 bits per heavy atom. The second-order valence-corrected chi connectivity index (χ2v) is 7.83. The van der Waals surface area contributed by atoms with Gasteiger partial charge in [-0.1, -0.05) is 60.7 Å². The monoisotopic (exact) mass is 538 g/mol. The summed E-state index contributed by atoms with van der Waals surface area (Å²) >= 11 is 0. The van der Waals surface area contributed by atoms with Crippen molar-refractivity contribution in [1.29, 1.82) is 0 Å². The van der Waals surface area contributed by atoms with Crippen LogP contribution in [0.1, 0.15) is 22.3 Å². The molecule has 0 amide bonds. The van der Waals surface area contributed by atoms with Gasteiger partial charge in [0, 0.05) is 0 Å². The first-order valence-electron chi connectivity index (χ1n) is 10.6. The van der Waals surface area contributed by atoms with Crippen molar-refractivity contribution in [2.45, 2.75) is 0 Å². The zero-order valence-electron chi connectivity index (χ0n) is 18.7. The molecule has 4 aromatic rings. The number of halogens is 10. The highest BCUT2D eigenvalue weighted by atomic mass is 19.2. The minimum atomic E-state index is -2.51. The fourth-order valence-electron chi connectivity index (χ4n) is 3.68. The molecule has 0 radical (unpaired) electrons. The van der Waals surface area contributed by atoms with Gasteiger partial charge in [0.1, 0.15) is 0 Å². The maximum absolute atomic E-state index is 15.0. The molecule has 0 N–H and O–H groups in total. The van der Waals surface area contributed by atoms with E-state index in [2.05, 4.69) is 0 Å². The van der Waals surface area contributed by atoms with Crippen LogP contribution in [-0.4, -0.2) is 0 Å². The molecule has 0 nitrogen and oxygen atoms in total. The Balaban J connectivity index is 2.22. The van der Waals surface area contributed by atoms with Crippen LogP contribution in [0.5, 0.6) is 0 Å². The molecule has 4 rings (SSSR count). The Bertz CT molecular complexity index is 1410. The molecule has 0 spiro atoms. The summed E-state index contributed by atoms with van der Waals surface area (Å²) in [4.78, 5) is 0. The number of rotatable bonds is 5. The van der Waals surface area contributed by atoms with Crippen LogP contribution < -0.4 is 0 Å². The third-order valence-electron chi connectivity index (χ3n) is 5.47. The first kappa shape index (κ1) is 26.7. The summed E-state index contributed by atoms with van der Waals surface area (Å²) in [6.07, 6.45) is 1.59. The second kappa shape index (κ2) is 10.6. The molecule has 194 valence electrons. The van der Waals surface area contributed by atoms with Gasteiger partial charge in [0.25, 0.3) is 0 Å². The van der Waals surface area contributed by atoms with Crippen molar-refractivity contribution < 1.29 is 43.9 Å². The molecule has 0 unspecified atom stereocenters. The molecule has 0 atom stereocenters. The van der Waals surface area contributed by atoms with Gasteiger partial charge in [-0.3, -0.25) is 0 Å². The van der Waals surface area contributed by atoms with Crippen LogP contribution in [0.25, 0.3) is 23.3 Å². The zero-order valence-corrected chi connectivity index (χ0v) is 18.7. The van der Waals surface area contributed by atoms with E-state index >= 15 is 17.6 Å². The van der Waals surface area contributed by atoms with Gasteiger partial charge in [0.05, 0.1) is 11.1 Å². The quantitative estimate of drug-likeness (QED) is 0.0783. The molecule has 0 saturated heterocycles. The molecule has 0 saturated carbocycles. The topological polar surface area (TPSA) is 0 Å². The van der Waals surface area contributed by atoms with E-state index in [9.17, 15) is 26.3 Å². The minimum absolute atomic E-state index is 0.0364. The van der Waals surface area contributed by atoms with Gasteiger partial charge in [0.15, 0.2) is 46.5 Å². The largest absolute Gasteiger partial charge is 0.203 e. The van der Waals surface area contributed by atoms with Gasteiger partial charge in [0.2, 0.25) is 11.6 Å². The van der Waals surface area contributed by atoms with Crippen molar-refractivity contribution in [2.75, 3.05) is 0 Å². The van der Waals surface area contributed by atoms with Gasteiger partial charge in [-0.25, -0.2) is 43.9 Å². The van der Waals surface area contributed by atoms with Crippen LogP contribution in [0, 0.1) is 58.2 Å². The van der Waals surface area contributed by atoms with Crippen LogP contribution in [0.15, 0.2) is 60.7 Å². The van der Waals surface area contributed by atoms with Crippen LogP contribution in [0.2, 0.25) is 0 Å². The molecule has 10 heteroatoms. The lowest BCUT2D eigenvalue weighted by atomic mass is 9.87. The maximum Gasteiger partial charge on any atom is 0.200 e. The van der Waals surface area contributed by atoms with Crippen molar-refractivity contribution in [3.05, 3.63) is 141 Å². The fourth-order valence-corrected chi connectivity index (χ4v) is 3.68. The van der Waals surface area contributed by atoms with Crippen molar-refractivity contribution >= 4 is 23.3 Å². The summed E-state index contributed by atoms with van der Waals surface area (Å²) in [6, 6.07) is 13.9. The number of hydrogen-bond donors (Lipinski definition) is 0. The van der Waals surface area contributed by atoms with Crippen molar-refractivity contribution in [3.63, 3.8) is 0 Å². The summed E-state index contributed by atoms with van der Waals surface area (Å²) in [5.74, 6) is -24.1. The van der Waals surface area contributed by atoms with E-state index in [4.69, 9.17) is 0 Å². The van der Waals surface area contributed by atoms with Gasteiger partial charge in [-0.15, -0.1) is 0 Å². The van der Waals surface area contributed by atoms with E-state index < -0.39 is 80.4 Å². The zero-order chi connectivity index (χ0) is 27.7. The van der Waals surface area contributed by atoms with E-state index in [-0.39, 0.29) is 11.1 Å². The molecular formula is C28H12F10. The van der Waals surface area contributed by atoms with Crippen molar-refractivity contribution in [3.8, 4) is 0 Å². The highest BCUT2D eigenvalue weighted by Crippen LogP contribution is 2.42. The van der Waals surface area contributed by atoms with E-state index in [0.717, 1.165) is 12.2 Å². The summed E-state index contributed by atoms with van der Waals surface area (Å²) in [5, 5.41) is 0. The van der Waals surface area contributed by atoms with Gasteiger partial charge in [-0.2, -0.15) is 0 Å². The molecule has 38 heavy (non-hydrogen) atoms. The maximum atomic E-state index is 15.0. The van der Waals surface area contributed by atoms with E-state index in [1.807, 2.05) is 0 Å². The Morgan fingerprint density at radius 3 is 0.842 bits per heavy atom. The summed E-state index contributed by atoms with van der Waals surface area (Å²) < 4.78 is 145. The predicted octanol–water partition coefficient (Wildman–Crippen LogP) is 8.86. The lowest BCUT2D eigenvalue weighted by Crippen LogP contribution is -2.11. The van der Waals surface area contributed by atoms with Crippen LogP contribution in [0.4, 0.5) is 43.9 Å². The van der Waals surface area contributed by atoms with E-state index in [0.29, 0.717) is 0 Å². The summed E-state index contributed by atoms with van der Waals surface area (Å²) in [7, 11) is 0. The number of hydrogen-bond acceptors (Lipinski definition) is 0. The van der Waals surface area contributed by atoms with Crippen molar-refractivity contribution in [1.82, 2.24) is 0 Å². The molecule has 0 aliphatic rings. The lowest BCUT2D eigenvalue weighted by molar-refractivity contribution is 0.375. The Kier molecular flexibility index (Phi) is 7.43. The molecule has 0 aromatic heterocycles. The van der Waals surface area contributed by atoms with Crippen molar-refractivity contribution in [2.24, 2.45) is 0 Å². The molecule has 0 heterocycles. The van der Waals surface area contributed by atoms with Crippen LogP contribution in [0.3, 0.4) is 0 Å².